The van der Waals surface area contributed by atoms with E-state index in [0.717, 1.165) is 14.8 Å². The van der Waals surface area contributed by atoms with Crippen molar-refractivity contribution in [3.8, 4) is 0 Å². The minimum atomic E-state index is -0.0695. The van der Waals surface area contributed by atoms with Crippen molar-refractivity contribution in [3.63, 3.8) is 0 Å². The van der Waals surface area contributed by atoms with Gasteiger partial charge in [0, 0.05) is 9.77 Å². The summed E-state index contributed by atoms with van der Waals surface area (Å²) in [5.74, 6) is 0. The number of hydrogen-bond donors (Lipinski definition) is 0. The lowest BCUT2D eigenvalue weighted by Gasteiger charge is -2.08. The average molecular weight is 471 g/mol. The standard InChI is InChI=1S/C20H14IN3OS/c21-15-8-10-16(11-9-15)23-20-24(13-14-5-2-1-3-6-14)19(25)17-7-4-12-22-18(17)26-20/h1-12H,13H2/b23-20-. The molecule has 6 heteroatoms. The van der Waals surface area contributed by atoms with E-state index in [1.807, 2.05) is 60.7 Å². The van der Waals surface area contributed by atoms with Crippen LogP contribution in [0.25, 0.3) is 10.2 Å². The molecule has 4 rings (SSSR count). The van der Waals surface area contributed by atoms with Crippen molar-refractivity contribution < 1.29 is 0 Å². The summed E-state index contributed by atoms with van der Waals surface area (Å²) in [5.41, 5.74) is 1.81. The van der Waals surface area contributed by atoms with E-state index in [1.165, 1.54) is 11.3 Å². The highest BCUT2D eigenvalue weighted by molar-refractivity contribution is 14.1. The number of benzene rings is 2. The lowest BCUT2D eigenvalue weighted by Crippen LogP contribution is -2.32. The van der Waals surface area contributed by atoms with Crippen LogP contribution < -0.4 is 10.4 Å². The van der Waals surface area contributed by atoms with Crippen LogP contribution in [-0.2, 0) is 6.54 Å². The van der Waals surface area contributed by atoms with Gasteiger partial charge in [0.25, 0.3) is 5.56 Å². The fraction of sp³-hybridized carbons (Fsp3) is 0.0500. The van der Waals surface area contributed by atoms with E-state index in [-0.39, 0.29) is 5.56 Å². The second-order valence-electron chi connectivity index (χ2n) is 5.71. The van der Waals surface area contributed by atoms with Gasteiger partial charge in [-0.05, 0) is 64.6 Å². The molecule has 0 radical (unpaired) electrons. The average Bonchev–Trinajstić information content (AvgIpc) is 2.67. The first kappa shape index (κ1) is 17.1. The summed E-state index contributed by atoms with van der Waals surface area (Å²) in [6.45, 7) is 0.476. The van der Waals surface area contributed by atoms with E-state index < -0.39 is 0 Å². The van der Waals surface area contributed by atoms with Crippen molar-refractivity contribution in [2.45, 2.75) is 6.54 Å². The molecule has 4 nitrogen and oxygen atoms in total. The Kier molecular flexibility index (Phi) is 4.94. The summed E-state index contributed by atoms with van der Waals surface area (Å²) in [4.78, 5) is 23.5. The second kappa shape index (κ2) is 7.51. The Morgan fingerprint density at radius 1 is 1.00 bits per heavy atom. The van der Waals surface area contributed by atoms with Gasteiger partial charge in [-0.1, -0.05) is 41.7 Å². The van der Waals surface area contributed by atoms with Crippen LogP contribution in [0, 0.1) is 3.57 Å². The first-order valence-corrected chi connectivity index (χ1v) is 9.93. The summed E-state index contributed by atoms with van der Waals surface area (Å²) >= 11 is 3.69. The van der Waals surface area contributed by atoms with Gasteiger partial charge in [-0.2, -0.15) is 0 Å². The Hall–Kier alpha value is -2.32. The predicted octanol–water partition coefficient (Wildman–Crippen LogP) is 4.34. The number of pyridine rings is 1. The zero-order valence-corrected chi connectivity index (χ0v) is 16.6. The minimum Gasteiger partial charge on any atom is -0.279 e. The maximum atomic E-state index is 13.1. The van der Waals surface area contributed by atoms with Crippen molar-refractivity contribution in [2.75, 3.05) is 0 Å². The summed E-state index contributed by atoms with van der Waals surface area (Å²) in [7, 11) is 0. The third-order valence-electron chi connectivity index (χ3n) is 3.90. The smallest absolute Gasteiger partial charge is 0.263 e. The molecule has 0 bridgehead atoms. The number of hydrogen-bond acceptors (Lipinski definition) is 4. The number of fused-ring (bicyclic) bond motifs is 1. The second-order valence-corrected chi connectivity index (χ2v) is 7.91. The molecule has 0 N–H and O–H groups in total. The molecule has 0 atom stereocenters. The van der Waals surface area contributed by atoms with Crippen LogP contribution in [0.2, 0.25) is 0 Å². The Bertz CT molecular complexity index is 1180. The van der Waals surface area contributed by atoms with Gasteiger partial charge in [0.05, 0.1) is 17.6 Å². The van der Waals surface area contributed by atoms with Crippen LogP contribution in [0.15, 0.2) is 82.7 Å². The van der Waals surface area contributed by atoms with Crippen LogP contribution in [0.1, 0.15) is 5.56 Å². The Morgan fingerprint density at radius 2 is 1.77 bits per heavy atom. The summed E-state index contributed by atoms with van der Waals surface area (Å²) in [6.07, 6.45) is 1.70. The van der Waals surface area contributed by atoms with Gasteiger partial charge in [0.1, 0.15) is 4.83 Å². The molecule has 0 saturated carbocycles. The van der Waals surface area contributed by atoms with Crippen LogP contribution in [0.3, 0.4) is 0 Å². The first-order chi connectivity index (χ1) is 12.7. The Labute approximate surface area is 167 Å². The van der Waals surface area contributed by atoms with Crippen molar-refractivity contribution in [1.29, 1.82) is 0 Å². The number of aromatic nitrogens is 2. The molecular weight excluding hydrogens is 457 g/mol. The van der Waals surface area contributed by atoms with Crippen molar-refractivity contribution in [1.82, 2.24) is 9.55 Å². The minimum absolute atomic E-state index is 0.0695. The van der Waals surface area contributed by atoms with E-state index in [0.29, 0.717) is 21.6 Å². The lowest BCUT2D eigenvalue weighted by atomic mass is 10.2. The fourth-order valence-corrected chi connectivity index (χ4v) is 3.94. The monoisotopic (exact) mass is 471 g/mol. The summed E-state index contributed by atoms with van der Waals surface area (Å²) < 4.78 is 2.87. The van der Waals surface area contributed by atoms with Gasteiger partial charge >= 0.3 is 0 Å². The SMILES string of the molecule is O=c1c2cccnc2s/c(=N\c2ccc(I)cc2)n1Cc1ccccc1. The molecule has 0 aliphatic rings. The quantitative estimate of drug-likeness (QED) is 0.418. The molecule has 2 aromatic heterocycles. The summed E-state index contributed by atoms with van der Waals surface area (Å²) in [6, 6.07) is 21.5. The topological polar surface area (TPSA) is 47.2 Å². The van der Waals surface area contributed by atoms with Gasteiger partial charge in [-0.3, -0.25) is 9.36 Å². The normalized spacial score (nSPS) is 11.8. The Balaban J connectivity index is 1.96. The van der Waals surface area contributed by atoms with E-state index in [2.05, 4.69) is 27.6 Å². The third kappa shape index (κ3) is 3.61. The van der Waals surface area contributed by atoms with Crippen molar-refractivity contribution >= 4 is 49.8 Å². The molecule has 4 aromatic rings. The zero-order valence-electron chi connectivity index (χ0n) is 13.7. The van der Waals surface area contributed by atoms with Crippen LogP contribution in [0.5, 0.6) is 0 Å². The van der Waals surface area contributed by atoms with Crippen molar-refractivity contribution in [3.05, 3.63) is 97.2 Å². The highest BCUT2D eigenvalue weighted by atomic mass is 127. The van der Waals surface area contributed by atoms with Gasteiger partial charge in [0.15, 0.2) is 4.80 Å². The summed E-state index contributed by atoms with van der Waals surface area (Å²) in [5, 5.41) is 0.620. The van der Waals surface area contributed by atoms with Gasteiger partial charge in [0.2, 0.25) is 0 Å². The molecular formula is C20H14IN3OS. The molecule has 0 saturated heterocycles. The molecule has 26 heavy (non-hydrogen) atoms. The lowest BCUT2D eigenvalue weighted by molar-refractivity contribution is 0.739. The maximum Gasteiger partial charge on any atom is 0.263 e. The highest BCUT2D eigenvalue weighted by Crippen LogP contribution is 2.15. The first-order valence-electron chi connectivity index (χ1n) is 8.03. The van der Waals surface area contributed by atoms with E-state index in [4.69, 9.17) is 4.99 Å². The van der Waals surface area contributed by atoms with E-state index >= 15 is 0 Å². The molecule has 0 fully saturated rings. The number of rotatable bonds is 3. The Morgan fingerprint density at radius 3 is 2.54 bits per heavy atom. The third-order valence-corrected chi connectivity index (χ3v) is 5.63. The van der Waals surface area contributed by atoms with E-state index in [9.17, 15) is 4.79 Å². The maximum absolute atomic E-state index is 13.1. The molecule has 0 unspecified atom stereocenters. The molecule has 2 aromatic carbocycles. The van der Waals surface area contributed by atoms with Crippen molar-refractivity contribution in [2.24, 2.45) is 4.99 Å². The van der Waals surface area contributed by atoms with Gasteiger partial charge in [-0.25, -0.2) is 9.98 Å². The fourth-order valence-electron chi connectivity index (χ4n) is 2.62. The van der Waals surface area contributed by atoms with Gasteiger partial charge in [-0.15, -0.1) is 0 Å². The molecule has 2 heterocycles. The van der Waals surface area contributed by atoms with Crippen LogP contribution in [-0.4, -0.2) is 9.55 Å². The predicted molar refractivity (Wildman–Crippen MR) is 114 cm³/mol. The highest BCUT2D eigenvalue weighted by Gasteiger charge is 2.08. The molecule has 0 spiro atoms. The molecule has 0 amide bonds. The zero-order chi connectivity index (χ0) is 17.9. The van der Waals surface area contributed by atoms with Crippen LogP contribution in [0.4, 0.5) is 5.69 Å². The van der Waals surface area contributed by atoms with Crippen LogP contribution >= 0.6 is 33.9 Å². The molecule has 0 aliphatic carbocycles. The largest absolute Gasteiger partial charge is 0.279 e. The number of halogens is 1. The number of nitrogens with zero attached hydrogens (tertiary/aromatic N) is 3. The van der Waals surface area contributed by atoms with Gasteiger partial charge < -0.3 is 0 Å². The van der Waals surface area contributed by atoms with E-state index in [1.54, 1.807) is 16.8 Å². The molecule has 128 valence electrons. The molecule has 0 aliphatic heterocycles.